The fourth-order valence-electron chi connectivity index (χ4n) is 5.30. The van der Waals surface area contributed by atoms with Crippen LogP contribution in [0.2, 0.25) is 10.0 Å². The van der Waals surface area contributed by atoms with Gasteiger partial charge in [0.15, 0.2) is 0 Å². The molecule has 4 aromatic rings. The van der Waals surface area contributed by atoms with Gasteiger partial charge in [0.1, 0.15) is 11.3 Å². The van der Waals surface area contributed by atoms with E-state index in [0.717, 1.165) is 24.7 Å². The average Bonchev–Trinajstić information content (AvgIpc) is 3.17. The van der Waals surface area contributed by atoms with Gasteiger partial charge in [-0.3, -0.25) is 14.0 Å². The van der Waals surface area contributed by atoms with Gasteiger partial charge in [0.2, 0.25) is 0 Å². The number of methoxy groups -OCH3 is 1. The molecule has 38 heavy (non-hydrogen) atoms. The van der Waals surface area contributed by atoms with E-state index in [1.165, 1.54) is 23.8 Å². The summed E-state index contributed by atoms with van der Waals surface area (Å²) in [5.41, 5.74) is 1.06. The van der Waals surface area contributed by atoms with Crippen molar-refractivity contribution in [2.24, 2.45) is 0 Å². The molecule has 0 radical (unpaired) electrons. The first-order valence-electron chi connectivity index (χ1n) is 12.3. The minimum atomic E-state index is -4.53. The monoisotopic (exact) mass is 563 g/mol. The summed E-state index contributed by atoms with van der Waals surface area (Å²) < 4.78 is 49.8. The third-order valence-corrected chi connectivity index (χ3v) is 7.73. The van der Waals surface area contributed by atoms with Crippen LogP contribution in [-0.2, 0) is 19.3 Å². The van der Waals surface area contributed by atoms with Crippen LogP contribution in [0.15, 0.2) is 65.5 Å². The number of fused-ring (bicyclic) bond motifs is 1. The molecule has 1 aliphatic heterocycles. The van der Waals surface area contributed by atoms with E-state index in [2.05, 4.69) is 4.90 Å². The van der Waals surface area contributed by atoms with Crippen LogP contribution in [-0.4, -0.2) is 34.2 Å². The minimum Gasteiger partial charge on any atom is -0.494 e. The molecule has 1 saturated heterocycles. The summed E-state index contributed by atoms with van der Waals surface area (Å²) in [6.45, 7) is 1.93. The Bertz CT molecular complexity index is 1520. The van der Waals surface area contributed by atoms with E-state index in [9.17, 15) is 18.0 Å². The van der Waals surface area contributed by atoms with Crippen LogP contribution >= 0.6 is 23.2 Å². The highest BCUT2D eigenvalue weighted by Gasteiger charge is 2.34. The second kappa shape index (κ2) is 10.7. The molecule has 1 aromatic heterocycles. The number of rotatable bonds is 6. The van der Waals surface area contributed by atoms with E-state index in [-0.39, 0.29) is 23.8 Å². The maximum absolute atomic E-state index is 13.8. The normalized spacial score (nSPS) is 15.3. The van der Waals surface area contributed by atoms with Gasteiger partial charge in [-0.2, -0.15) is 13.2 Å². The molecule has 0 spiro atoms. The van der Waals surface area contributed by atoms with Crippen molar-refractivity contribution in [3.8, 4) is 5.75 Å². The molecule has 0 unspecified atom stereocenters. The van der Waals surface area contributed by atoms with Gasteiger partial charge in [0, 0.05) is 35.7 Å². The fourth-order valence-corrected chi connectivity index (χ4v) is 5.77. The summed E-state index contributed by atoms with van der Waals surface area (Å²) in [4.78, 5) is 16.1. The first-order chi connectivity index (χ1) is 18.2. The van der Waals surface area contributed by atoms with Crippen molar-refractivity contribution in [2.75, 3.05) is 20.2 Å². The van der Waals surface area contributed by atoms with Crippen LogP contribution in [0.4, 0.5) is 13.2 Å². The highest BCUT2D eigenvalue weighted by Crippen LogP contribution is 2.35. The van der Waals surface area contributed by atoms with E-state index in [0.29, 0.717) is 46.2 Å². The first kappa shape index (κ1) is 26.7. The Morgan fingerprint density at radius 1 is 0.947 bits per heavy atom. The van der Waals surface area contributed by atoms with Gasteiger partial charge in [-0.25, -0.2) is 4.79 Å². The van der Waals surface area contributed by atoms with E-state index < -0.39 is 11.7 Å². The number of hydrogen-bond acceptors (Lipinski definition) is 3. The Morgan fingerprint density at radius 3 is 2.37 bits per heavy atom. The lowest BCUT2D eigenvalue weighted by atomic mass is 10.0. The number of hydrogen-bond donors (Lipinski definition) is 0. The smallest absolute Gasteiger partial charge is 0.416 e. The van der Waals surface area contributed by atoms with Gasteiger partial charge >= 0.3 is 11.9 Å². The van der Waals surface area contributed by atoms with Crippen molar-refractivity contribution in [1.29, 1.82) is 0 Å². The summed E-state index contributed by atoms with van der Waals surface area (Å²) in [5.74, 6) is 0.442. The van der Waals surface area contributed by atoms with E-state index in [4.69, 9.17) is 27.9 Å². The summed E-state index contributed by atoms with van der Waals surface area (Å²) in [7, 11) is 1.49. The summed E-state index contributed by atoms with van der Waals surface area (Å²) in [6, 6.07) is 16.0. The van der Waals surface area contributed by atoms with Gasteiger partial charge in [-0.15, -0.1) is 0 Å². The lowest BCUT2D eigenvalue weighted by molar-refractivity contribution is -0.138. The number of nitrogens with zero attached hydrogens (tertiary/aromatic N) is 3. The van der Waals surface area contributed by atoms with E-state index >= 15 is 0 Å². The number of aromatic nitrogens is 2. The highest BCUT2D eigenvalue weighted by molar-refractivity contribution is 6.35. The summed E-state index contributed by atoms with van der Waals surface area (Å²) in [6.07, 6.45) is -3.11. The van der Waals surface area contributed by atoms with Crippen LogP contribution in [0.25, 0.3) is 11.0 Å². The molecule has 0 bridgehead atoms. The quantitative estimate of drug-likeness (QED) is 0.253. The molecule has 10 heteroatoms. The van der Waals surface area contributed by atoms with E-state index in [1.54, 1.807) is 28.8 Å². The number of halogens is 5. The Morgan fingerprint density at radius 2 is 1.68 bits per heavy atom. The Kier molecular flexibility index (Phi) is 7.49. The van der Waals surface area contributed by atoms with E-state index in [1.807, 2.05) is 18.2 Å². The van der Waals surface area contributed by atoms with Gasteiger partial charge in [0.05, 0.1) is 24.7 Å². The van der Waals surface area contributed by atoms with Crippen LogP contribution in [0.1, 0.15) is 35.6 Å². The van der Waals surface area contributed by atoms with Gasteiger partial charge in [-0.1, -0.05) is 53.5 Å². The number of alkyl halides is 3. The molecule has 0 aliphatic carbocycles. The van der Waals surface area contributed by atoms with Crippen molar-refractivity contribution < 1.29 is 17.9 Å². The molecule has 0 N–H and O–H groups in total. The maximum atomic E-state index is 13.8. The number of imidazole rings is 1. The predicted octanol–water partition coefficient (Wildman–Crippen LogP) is 7.02. The van der Waals surface area contributed by atoms with Crippen molar-refractivity contribution in [1.82, 2.24) is 14.0 Å². The van der Waals surface area contributed by atoms with Crippen LogP contribution in [0, 0.1) is 0 Å². The van der Waals surface area contributed by atoms with Gasteiger partial charge in [-0.05, 0) is 54.3 Å². The lowest BCUT2D eigenvalue weighted by Gasteiger charge is -2.32. The zero-order chi connectivity index (χ0) is 27.0. The van der Waals surface area contributed by atoms with Crippen molar-refractivity contribution in [3.63, 3.8) is 0 Å². The molecule has 5 rings (SSSR count). The largest absolute Gasteiger partial charge is 0.494 e. The Hall–Kier alpha value is -2.94. The first-order valence-corrected chi connectivity index (χ1v) is 13.0. The van der Waals surface area contributed by atoms with Crippen molar-refractivity contribution in [3.05, 3.63) is 97.9 Å². The van der Waals surface area contributed by atoms with Crippen molar-refractivity contribution >= 4 is 34.2 Å². The third-order valence-electron chi connectivity index (χ3n) is 7.15. The zero-order valence-corrected chi connectivity index (χ0v) is 22.2. The number of benzene rings is 3. The molecule has 2 heterocycles. The zero-order valence-electron chi connectivity index (χ0n) is 20.6. The molecular formula is C28H26Cl2F3N3O2. The van der Waals surface area contributed by atoms with Gasteiger partial charge in [0.25, 0.3) is 0 Å². The van der Waals surface area contributed by atoms with Crippen LogP contribution in [0.3, 0.4) is 0 Å². The summed E-state index contributed by atoms with van der Waals surface area (Å²) in [5, 5.41) is 1.20. The topological polar surface area (TPSA) is 39.4 Å². The molecule has 1 fully saturated rings. The fraction of sp³-hybridized carbons (Fsp3) is 0.321. The van der Waals surface area contributed by atoms with Crippen molar-refractivity contribution in [2.45, 2.75) is 38.1 Å². The predicted molar refractivity (Wildman–Crippen MR) is 143 cm³/mol. The van der Waals surface area contributed by atoms with Crippen LogP contribution < -0.4 is 10.4 Å². The molecule has 5 nitrogen and oxygen atoms in total. The maximum Gasteiger partial charge on any atom is 0.416 e. The molecule has 0 saturated carbocycles. The second-order valence-corrected chi connectivity index (χ2v) is 10.3. The highest BCUT2D eigenvalue weighted by atomic mass is 35.5. The number of ether oxygens (including phenoxy) is 1. The molecule has 0 atom stereocenters. The molecule has 1 aliphatic rings. The molecule has 0 amide bonds. The molecular weight excluding hydrogens is 538 g/mol. The third kappa shape index (κ3) is 5.17. The van der Waals surface area contributed by atoms with Gasteiger partial charge < -0.3 is 4.74 Å². The minimum absolute atomic E-state index is 0.0294. The summed E-state index contributed by atoms with van der Waals surface area (Å²) >= 11 is 12.4. The second-order valence-electron chi connectivity index (χ2n) is 9.46. The molecule has 3 aromatic carbocycles. The number of para-hydroxylation sites is 1. The average molecular weight is 564 g/mol. The standard InChI is InChI=1S/C28H26Cl2F3N3O2/c1-38-25-8-4-7-24-26(25)35(17-18-5-2-3-6-22(18)28(31,32)33)27(37)36(24)21-11-13-34(14-12-21)16-19-9-10-20(29)15-23(19)30/h2-10,15,21H,11-14,16-17H2,1H3. The number of piperidine rings is 1. The SMILES string of the molecule is COc1cccc2c1n(Cc1ccccc1C(F)(F)F)c(=O)n2C1CCN(Cc2ccc(Cl)cc2Cl)CC1. The Labute approximate surface area is 227 Å². The number of likely N-dealkylation sites (tertiary alicyclic amines) is 1. The lowest BCUT2D eigenvalue weighted by Crippen LogP contribution is -2.37. The Balaban J connectivity index is 1.47. The molecule has 200 valence electrons. The van der Waals surface area contributed by atoms with Crippen LogP contribution in [0.5, 0.6) is 5.75 Å².